The molecule has 2 heterocycles. The number of nitrogens with zero attached hydrogens (tertiary/aromatic N) is 3. The van der Waals surface area contributed by atoms with E-state index in [0.717, 1.165) is 16.8 Å². The molecule has 3 aromatic rings. The van der Waals surface area contributed by atoms with Gasteiger partial charge in [0.15, 0.2) is 11.5 Å². The van der Waals surface area contributed by atoms with Crippen LogP contribution in [-0.2, 0) is 9.59 Å². The quantitative estimate of drug-likeness (QED) is 0.334. The van der Waals surface area contributed by atoms with Crippen LogP contribution in [0.1, 0.15) is 30.0 Å². The second-order valence-corrected chi connectivity index (χ2v) is 11.2. The van der Waals surface area contributed by atoms with Crippen LogP contribution in [0.15, 0.2) is 54.6 Å². The van der Waals surface area contributed by atoms with Gasteiger partial charge in [-0.1, -0.05) is 29.8 Å². The predicted octanol–water partition coefficient (Wildman–Crippen LogP) is 5.52. The molecule has 2 amide bonds. The van der Waals surface area contributed by atoms with Crippen LogP contribution in [0.5, 0.6) is 23.0 Å². The first kappa shape index (κ1) is 30.4. The summed E-state index contributed by atoms with van der Waals surface area (Å²) >= 11 is 6.29. The molecule has 0 aromatic heterocycles. The van der Waals surface area contributed by atoms with Crippen LogP contribution in [0.2, 0.25) is 5.02 Å². The lowest BCUT2D eigenvalue weighted by Crippen LogP contribution is -2.54. The van der Waals surface area contributed by atoms with E-state index in [2.05, 4.69) is 11.8 Å². The minimum Gasteiger partial charge on any atom is -0.497 e. The number of benzene rings is 3. The maximum Gasteiger partial charge on any atom is 0.228 e. The number of halogens is 1. The van der Waals surface area contributed by atoms with Crippen LogP contribution < -0.4 is 28.7 Å². The van der Waals surface area contributed by atoms with Gasteiger partial charge in [0, 0.05) is 55.4 Å². The Morgan fingerprint density at radius 1 is 0.837 bits per heavy atom. The highest BCUT2D eigenvalue weighted by Gasteiger charge is 2.44. The van der Waals surface area contributed by atoms with Crippen molar-refractivity contribution in [3.8, 4) is 23.0 Å². The third-order valence-electron chi connectivity index (χ3n) is 8.40. The Hall–Kier alpha value is -4.11. The fourth-order valence-electron chi connectivity index (χ4n) is 6.17. The Kier molecular flexibility index (Phi) is 9.20. The molecule has 228 valence electrons. The smallest absolute Gasteiger partial charge is 0.228 e. The van der Waals surface area contributed by atoms with Gasteiger partial charge in [-0.15, -0.1) is 0 Å². The van der Waals surface area contributed by atoms with Crippen molar-refractivity contribution in [3.05, 3.63) is 70.7 Å². The van der Waals surface area contributed by atoms with E-state index in [0.29, 0.717) is 66.3 Å². The molecule has 0 saturated carbocycles. The minimum absolute atomic E-state index is 0.0354. The number of anilines is 2. The van der Waals surface area contributed by atoms with Gasteiger partial charge in [0.1, 0.15) is 5.75 Å². The molecule has 9 nitrogen and oxygen atoms in total. The fraction of sp³-hybridized carbons (Fsp3) is 0.394. The standard InChI is InChI=1S/C33H38ClN3O6/c1-21-6-9-23(34)18-27(21)35-14-16-36(17-15-35)33(39)26-12-13-30(38)37(31(26)22-7-10-25(40-2)11-8-22)24-19-28(41-3)32(43-5)29(20-24)42-4/h6-11,18-20,26,31H,12-17H2,1-5H3/t26-,31+/m1/s1. The number of aryl methyl sites for hydroxylation is 1. The van der Waals surface area contributed by atoms with E-state index in [1.807, 2.05) is 47.4 Å². The third kappa shape index (κ3) is 6.04. The van der Waals surface area contributed by atoms with Crippen LogP contribution in [0.25, 0.3) is 0 Å². The van der Waals surface area contributed by atoms with Crippen molar-refractivity contribution < 1.29 is 28.5 Å². The van der Waals surface area contributed by atoms with E-state index in [4.69, 9.17) is 30.5 Å². The molecule has 2 atom stereocenters. The first-order valence-electron chi connectivity index (χ1n) is 14.4. The molecule has 0 bridgehead atoms. The number of piperidine rings is 1. The number of amides is 2. The van der Waals surface area contributed by atoms with E-state index >= 15 is 0 Å². The van der Waals surface area contributed by atoms with Crippen molar-refractivity contribution in [3.63, 3.8) is 0 Å². The van der Waals surface area contributed by atoms with Crippen molar-refractivity contribution in [2.75, 3.05) is 64.4 Å². The maximum atomic E-state index is 14.3. The average Bonchev–Trinajstić information content (AvgIpc) is 3.04. The molecule has 5 rings (SSSR count). The number of carbonyl (C=O) groups is 2. The summed E-state index contributed by atoms with van der Waals surface area (Å²) in [6.07, 6.45) is 0.685. The van der Waals surface area contributed by atoms with Gasteiger partial charge in [0.25, 0.3) is 0 Å². The molecule has 2 saturated heterocycles. The molecule has 0 aliphatic carbocycles. The highest BCUT2D eigenvalue weighted by molar-refractivity contribution is 6.30. The highest BCUT2D eigenvalue weighted by Crippen LogP contribution is 2.46. The van der Waals surface area contributed by atoms with Gasteiger partial charge in [-0.3, -0.25) is 9.59 Å². The minimum atomic E-state index is -0.546. The Labute approximate surface area is 257 Å². The average molecular weight is 608 g/mol. The Morgan fingerprint density at radius 3 is 2.07 bits per heavy atom. The van der Waals surface area contributed by atoms with E-state index in [9.17, 15) is 9.59 Å². The summed E-state index contributed by atoms with van der Waals surface area (Å²) in [6, 6.07) is 16.4. The zero-order valence-electron chi connectivity index (χ0n) is 25.3. The van der Waals surface area contributed by atoms with Crippen LogP contribution in [-0.4, -0.2) is 71.3 Å². The van der Waals surface area contributed by atoms with Crippen molar-refractivity contribution in [1.29, 1.82) is 0 Å². The topological polar surface area (TPSA) is 80.8 Å². The Morgan fingerprint density at radius 2 is 1.49 bits per heavy atom. The summed E-state index contributed by atoms with van der Waals surface area (Å²) in [5.41, 5.74) is 3.65. The van der Waals surface area contributed by atoms with Gasteiger partial charge in [-0.25, -0.2) is 0 Å². The normalized spacial score (nSPS) is 18.8. The summed E-state index contributed by atoms with van der Waals surface area (Å²) in [7, 11) is 6.22. The predicted molar refractivity (Wildman–Crippen MR) is 167 cm³/mol. The van der Waals surface area contributed by atoms with Gasteiger partial charge in [0.05, 0.1) is 46.1 Å². The lowest BCUT2D eigenvalue weighted by atomic mass is 9.82. The number of hydrogen-bond acceptors (Lipinski definition) is 7. The molecule has 0 N–H and O–H groups in total. The Bertz CT molecular complexity index is 1450. The summed E-state index contributed by atoms with van der Waals surface area (Å²) in [5, 5.41) is 0.695. The van der Waals surface area contributed by atoms with E-state index in [-0.39, 0.29) is 18.2 Å². The molecule has 2 fully saturated rings. The van der Waals surface area contributed by atoms with E-state index in [1.54, 1.807) is 24.1 Å². The van der Waals surface area contributed by atoms with Gasteiger partial charge in [-0.05, 0) is 48.7 Å². The fourth-order valence-corrected chi connectivity index (χ4v) is 6.34. The molecule has 3 aromatic carbocycles. The highest BCUT2D eigenvalue weighted by atomic mass is 35.5. The molecule has 43 heavy (non-hydrogen) atoms. The van der Waals surface area contributed by atoms with Crippen molar-refractivity contribution >= 4 is 34.8 Å². The van der Waals surface area contributed by atoms with E-state index < -0.39 is 12.0 Å². The first-order valence-corrected chi connectivity index (χ1v) is 14.7. The van der Waals surface area contributed by atoms with Gasteiger partial charge >= 0.3 is 0 Å². The molecule has 2 aliphatic heterocycles. The molecule has 0 spiro atoms. The molecule has 0 unspecified atom stereocenters. The van der Waals surface area contributed by atoms with Crippen LogP contribution in [0.3, 0.4) is 0 Å². The number of hydrogen-bond donors (Lipinski definition) is 0. The van der Waals surface area contributed by atoms with Crippen LogP contribution in [0.4, 0.5) is 11.4 Å². The van der Waals surface area contributed by atoms with Gasteiger partial charge < -0.3 is 33.6 Å². The lowest BCUT2D eigenvalue weighted by molar-refractivity contribution is -0.138. The number of piperazine rings is 1. The summed E-state index contributed by atoms with van der Waals surface area (Å²) in [6.45, 7) is 4.62. The van der Waals surface area contributed by atoms with Crippen LogP contribution >= 0.6 is 11.6 Å². The SMILES string of the molecule is COc1ccc([C@H]2[C@H](C(=O)N3CCN(c4cc(Cl)ccc4C)CC3)CCC(=O)N2c2cc(OC)c(OC)c(OC)c2)cc1. The van der Waals surface area contributed by atoms with Crippen molar-refractivity contribution in [2.45, 2.75) is 25.8 Å². The molecular weight excluding hydrogens is 570 g/mol. The zero-order chi connectivity index (χ0) is 30.7. The number of carbonyl (C=O) groups excluding carboxylic acids is 2. The largest absolute Gasteiger partial charge is 0.497 e. The molecular formula is C33H38ClN3O6. The third-order valence-corrected chi connectivity index (χ3v) is 8.64. The molecule has 0 radical (unpaired) electrons. The second kappa shape index (κ2) is 13.0. The summed E-state index contributed by atoms with van der Waals surface area (Å²) in [5.74, 6) is 1.48. The zero-order valence-corrected chi connectivity index (χ0v) is 26.0. The van der Waals surface area contributed by atoms with Crippen LogP contribution in [0, 0.1) is 12.8 Å². The number of ether oxygens (including phenoxy) is 4. The van der Waals surface area contributed by atoms with Crippen molar-refractivity contribution in [2.24, 2.45) is 5.92 Å². The molecule has 10 heteroatoms. The van der Waals surface area contributed by atoms with Crippen molar-refractivity contribution in [1.82, 2.24) is 4.90 Å². The number of rotatable bonds is 8. The number of methoxy groups -OCH3 is 4. The van der Waals surface area contributed by atoms with E-state index in [1.165, 1.54) is 21.3 Å². The van der Waals surface area contributed by atoms with Gasteiger partial charge in [0.2, 0.25) is 17.6 Å². The monoisotopic (exact) mass is 607 g/mol. The lowest BCUT2D eigenvalue weighted by Gasteiger charge is -2.44. The molecule has 2 aliphatic rings. The first-order chi connectivity index (χ1) is 20.8. The summed E-state index contributed by atoms with van der Waals surface area (Å²) < 4.78 is 22.1. The van der Waals surface area contributed by atoms with Gasteiger partial charge in [-0.2, -0.15) is 0 Å². The Balaban J connectivity index is 1.49. The maximum absolute atomic E-state index is 14.3. The summed E-state index contributed by atoms with van der Waals surface area (Å²) in [4.78, 5) is 33.9. The second-order valence-electron chi connectivity index (χ2n) is 10.8.